The van der Waals surface area contributed by atoms with Crippen molar-refractivity contribution >= 4 is 39.8 Å². The summed E-state index contributed by atoms with van der Waals surface area (Å²) >= 11 is 5.04. The first kappa shape index (κ1) is 13.2. The molecule has 2 aromatic rings. The van der Waals surface area contributed by atoms with Gasteiger partial charge in [-0.15, -0.1) is 0 Å². The van der Waals surface area contributed by atoms with Crippen molar-refractivity contribution in [2.75, 3.05) is 5.32 Å². The predicted octanol–water partition coefficient (Wildman–Crippen LogP) is 1.15. The molecule has 1 atom stereocenters. The molecule has 0 saturated heterocycles. The number of carbonyl (C=O) groups excluding carboxylic acids is 1. The molecular formula is C13H14N4OS. The number of carbonyl (C=O) groups is 1. The van der Waals surface area contributed by atoms with Crippen LogP contribution in [-0.2, 0) is 4.79 Å². The van der Waals surface area contributed by atoms with E-state index in [4.69, 9.17) is 23.7 Å². The maximum absolute atomic E-state index is 11.1. The molecule has 1 heterocycles. The molecule has 0 fully saturated rings. The second kappa shape index (κ2) is 5.19. The number of pyridine rings is 1. The SMILES string of the molecule is CC(Nc1cc(C(N)=S)c2ccccc2n1)C(N)=O. The number of fused-ring (bicyclic) bond motifs is 1. The fraction of sp³-hybridized carbons (Fsp3) is 0.154. The maximum Gasteiger partial charge on any atom is 0.239 e. The Bertz CT molecular complexity index is 656. The Morgan fingerprint density at radius 1 is 1.37 bits per heavy atom. The van der Waals surface area contributed by atoms with Crippen LogP contribution in [0.1, 0.15) is 12.5 Å². The number of aromatic nitrogens is 1. The van der Waals surface area contributed by atoms with Gasteiger partial charge in [-0.05, 0) is 19.1 Å². The van der Waals surface area contributed by atoms with Gasteiger partial charge in [0.1, 0.15) is 16.8 Å². The van der Waals surface area contributed by atoms with E-state index >= 15 is 0 Å². The number of hydrogen-bond donors (Lipinski definition) is 3. The number of benzene rings is 1. The number of hydrogen-bond acceptors (Lipinski definition) is 4. The Hall–Kier alpha value is -2.21. The molecular weight excluding hydrogens is 260 g/mol. The van der Waals surface area contributed by atoms with Crippen molar-refractivity contribution in [2.24, 2.45) is 11.5 Å². The first-order valence-electron chi connectivity index (χ1n) is 5.74. The molecule has 0 saturated carbocycles. The third-order valence-electron chi connectivity index (χ3n) is 2.77. The zero-order valence-corrected chi connectivity index (χ0v) is 11.2. The first-order valence-corrected chi connectivity index (χ1v) is 6.15. The molecule has 2 rings (SSSR count). The molecule has 0 spiro atoms. The molecule has 0 aliphatic carbocycles. The van der Waals surface area contributed by atoms with Crippen LogP contribution in [0.5, 0.6) is 0 Å². The van der Waals surface area contributed by atoms with E-state index in [1.165, 1.54) is 0 Å². The average Bonchev–Trinajstić information content (AvgIpc) is 2.37. The molecule has 0 aliphatic heterocycles. The van der Waals surface area contributed by atoms with Crippen molar-refractivity contribution in [3.8, 4) is 0 Å². The molecule has 5 N–H and O–H groups in total. The van der Waals surface area contributed by atoms with Crippen LogP contribution < -0.4 is 16.8 Å². The topological polar surface area (TPSA) is 94.0 Å². The Morgan fingerprint density at radius 2 is 2.05 bits per heavy atom. The second-order valence-electron chi connectivity index (χ2n) is 4.20. The fourth-order valence-corrected chi connectivity index (χ4v) is 1.92. The Labute approximate surface area is 116 Å². The molecule has 1 aromatic heterocycles. The van der Waals surface area contributed by atoms with Crippen LogP contribution in [0.3, 0.4) is 0 Å². The van der Waals surface area contributed by atoms with E-state index < -0.39 is 11.9 Å². The molecule has 0 radical (unpaired) electrons. The summed E-state index contributed by atoms with van der Waals surface area (Å²) in [5.74, 6) is 0.0691. The Kier molecular flexibility index (Phi) is 3.62. The van der Waals surface area contributed by atoms with Crippen LogP contribution >= 0.6 is 12.2 Å². The van der Waals surface area contributed by atoms with Gasteiger partial charge in [-0.2, -0.15) is 0 Å². The highest BCUT2D eigenvalue weighted by molar-refractivity contribution is 7.80. The highest BCUT2D eigenvalue weighted by atomic mass is 32.1. The van der Waals surface area contributed by atoms with E-state index in [9.17, 15) is 4.79 Å². The molecule has 1 unspecified atom stereocenters. The van der Waals surface area contributed by atoms with Gasteiger partial charge < -0.3 is 16.8 Å². The third kappa shape index (κ3) is 2.79. The van der Waals surface area contributed by atoms with Crippen molar-refractivity contribution in [3.05, 3.63) is 35.9 Å². The van der Waals surface area contributed by atoms with Crippen molar-refractivity contribution in [2.45, 2.75) is 13.0 Å². The number of thiocarbonyl (C=S) groups is 1. The Balaban J connectivity index is 2.52. The van der Waals surface area contributed by atoms with Gasteiger partial charge >= 0.3 is 0 Å². The fourth-order valence-electron chi connectivity index (χ4n) is 1.75. The summed E-state index contributed by atoms with van der Waals surface area (Å²) in [7, 11) is 0. The summed E-state index contributed by atoms with van der Waals surface area (Å²) in [6.07, 6.45) is 0. The monoisotopic (exact) mass is 274 g/mol. The zero-order valence-electron chi connectivity index (χ0n) is 10.4. The predicted molar refractivity (Wildman–Crippen MR) is 79.9 cm³/mol. The van der Waals surface area contributed by atoms with Crippen molar-refractivity contribution in [1.82, 2.24) is 4.98 Å². The van der Waals surface area contributed by atoms with Crippen molar-refractivity contribution < 1.29 is 4.79 Å². The summed E-state index contributed by atoms with van der Waals surface area (Å²) in [4.78, 5) is 15.8. The smallest absolute Gasteiger partial charge is 0.239 e. The van der Waals surface area contributed by atoms with Gasteiger partial charge in [-0.3, -0.25) is 4.79 Å². The number of primary amides is 1. The largest absolute Gasteiger partial charge is 0.389 e. The summed E-state index contributed by atoms with van der Waals surface area (Å²) in [6, 6.07) is 8.73. The standard InChI is InChI=1S/C13H14N4OS/c1-7(12(14)18)16-11-6-9(13(15)19)8-4-2-3-5-10(8)17-11/h2-7H,1H3,(H2,14,18)(H2,15,19)(H,16,17). The van der Waals surface area contributed by atoms with Crippen LogP contribution in [-0.4, -0.2) is 21.9 Å². The first-order chi connectivity index (χ1) is 8.99. The minimum atomic E-state index is -0.521. The summed E-state index contributed by atoms with van der Waals surface area (Å²) in [5.41, 5.74) is 12.4. The Morgan fingerprint density at radius 3 is 2.68 bits per heavy atom. The number of amides is 1. The molecule has 1 amide bonds. The van der Waals surface area contributed by atoms with Crippen molar-refractivity contribution in [1.29, 1.82) is 0 Å². The molecule has 19 heavy (non-hydrogen) atoms. The van der Waals surface area contributed by atoms with Crippen LogP contribution in [0.25, 0.3) is 10.9 Å². The minimum absolute atomic E-state index is 0.286. The van der Waals surface area contributed by atoms with E-state index in [-0.39, 0.29) is 4.99 Å². The van der Waals surface area contributed by atoms with Gasteiger partial charge in [0.2, 0.25) is 5.91 Å². The van der Waals surface area contributed by atoms with E-state index in [1.807, 2.05) is 24.3 Å². The number of nitrogens with zero attached hydrogens (tertiary/aromatic N) is 1. The highest BCUT2D eigenvalue weighted by Gasteiger charge is 2.12. The van der Waals surface area contributed by atoms with Crippen LogP contribution in [0.2, 0.25) is 0 Å². The zero-order chi connectivity index (χ0) is 14.0. The second-order valence-corrected chi connectivity index (χ2v) is 4.64. The van der Waals surface area contributed by atoms with E-state index in [0.29, 0.717) is 5.82 Å². The van der Waals surface area contributed by atoms with Gasteiger partial charge in [0.15, 0.2) is 0 Å². The minimum Gasteiger partial charge on any atom is -0.389 e. The molecule has 1 aromatic carbocycles. The lowest BCUT2D eigenvalue weighted by atomic mass is 10.1. The number of para-hydroxylation sites is 1. The van der Waals surface area contributed by atoms with Gasteiger partial charge in [-0.1, -0.05) is 30.4 Å². The lowest BCUT2D eigenvalue weighted by Crippen LogP contribution is -2.32. The lowest BCUT2D eigenvalue weighted by molar-refractivity contribution is -0.118. The van der Waals surface area contributed by atoms with Gasteiger partial charge in [0.05, 0.1) is 5.52 Å². The lowest BCUT2D eigenvalue weighted by Gasteiger charge is -2.13. The summed E-state index contributed by atoms with van der Waals surface area (Å²) in [6.45, 7) is 1.67. The number of anilines is 1. The summed E-state index contributed by atoms with van der Waals surface area (Å²) in [5, 5.41) is 3.81. The van der Waals surface area contributed by atoms with E-state index in [2.05, 4.69) is 10.3 Å². The number of nitrogens with one attached hydrogen (secondary N) is 1. The molecule has 0 bridgehead atoms. The van der Waals surface area contributed by atoms with E-state index in [1.54, 1.807) is 13.0 Å². The van der Waals surface area contributed by atoms with Crippen LogP contribution in [0, 0.1) is 0 Å². The van der Waals surface area contributed by atoms with Crippen molar-refractivity contribution in [3.63, 3.8) is 0 Å². The van der Waals surface area contributed by atoms with E-state index in [0.717, 1.165) is 16.5 Å². The normalized spacial score (nSPS) is 12.1. The average molecular weight is 274 g/mol. The molecule has 6 heteroatoms. The third-order valence-corrected chi connectivity index (χ3v) is 2.99. The van der Waals surface area contributed by atoms with Gasteiger partial charge in [-0.25, -0.2) is 4.98 Å². The summed E-state index contributed by atoms with van der Waals surface area (Å²) < 4.78 is 0. The highest BCUT2D eigenvalue weighted by Crippen LogP contribution is 2.21. The quantitative estimate of drug-likeness (QED) is 0.727. The molecule has 0 aliphatic rings. The molecule has 98 valence electrons. The van der Waals surface area contributed by atoms with Gasteiger partial charge in [0, 0.05) is 10.9 Å². The van der Waals surface area contributed by atoms with Gasteiger partial charge in [0.25, 0.3) is 0 Å². The van der Waals surface area contributed by atoms with Crippen LogP contribution in [0.4, 0.5) is 5.82 Å². The number of nitrogens with two attached hydrogens (primary N) is 2. The maximum atomic E-state index is 11.1. The molecule has 5 nitrogen and oxygen atoms in total. The van der Waals surface area contributed by atoms with Crippen LogP contribution in [0.15, 0.2) is 30.3 Å². The number of rotatable bonds is 4.